The van der Waals surface area contributed by atoms with Crippen LogP contribution in [-0.2, 0) is 4.79 Å². The molecule has 1 aromatic carbocycles. The number of hydrogen-bond acceptors (Lipinski definition) is 7. The first-order valence-corrected chi connectivity index (χ1v) is 13.0. The molecule has 13 heteroatoms. The molecule has 2 atom stereocenters. The van der Waals surface area contributed by atoms with Crippen LogP contribution >= 0.6 is 0 Å². The van der Waals surface area contributed by atoms with E-state index >= 15 is 0 Å². The number of nitrogens with two attached hydrogens (primary N) is 2. The number of alkyl halides is 3. The molecule has 2 amide bonds. The Morgan fingerprint density at radius 3 is 2.46 bits per heavy atom. The lowest BCUT2D eigenvalue weighted by atomic mass is 10.0. The topological polar surface area (TPSA) is 147 Å². The van der Waals surface area contributed by atoms with Gasteiger partial charge in [-0.05, 0) is 50.5 Å². The van der Waals surface area contributed by atoms with Crippen molar-refractivity contribution in [2.45, 2.75) is 57.9 Å². The van der Waals surface area contributed by atoms with Gasteiger partial charge in [0.1, 0.15) is 11.3 Å². The van der Waals surface area contributed by atoms with Gasteiger partial charge < -0.3 is 26.3 Å². The molecule has 0 saturated heterocycles. The van der Waals surface area contributed by atoms with Crippen LogP contribution in [0.1, 0.15) is 55.6 Å². The van der Waals surface area contributed by atoms with E-state index in [1.165, 1.54) is 29.2 Å². The van der Waals surface area contributed by atoms with Crippen LogP contribution in [0.4, 0.5) is 13.2 Å². The first-order valence-electron chi connectivity index (χ1n) is 13.0. The molecular formula is C28H33F3N6O4. The standard InChI is InChI=1S/C28H33F3N6O4/c1-3-19(35-26(39)22(15-32)24-12-11-21(16-34-24)40-14-13-28(29,30)31)10-9-18(2)41-27-23(25(33)38)17-37(36-27)20-7-5-4-6-8-20/h4-8,11-12,15-19H,3,9-10,13-14,32H2,1-2H3,(H2,33,38)(H,35,39)/t18-,19-/m0/s1. The number of carbonyl (C=O) groups is 2. The summed E-state index contributed by atoms with van der Waals surface area (Å²) in [6.45, 7) is 3.21. The van der Waals surface area contributed by atoms with Gasteiger partial charge >= 0.3 is 6.18 Å². The number of aromatic nitrogens is 3. The molecule has 0 fully saturated rings. The Bertz CT molecular complexity index is 1330. The first-order chi connectivity index (χ1) is 19.5. The normalized spacial score (nSPS) is 13.3. The summed E-state index contributed by atoms with van der Waals surface area (Å²) >= 11 is 0. The van der Waals surface area contributed by atoms with Crippen molar-refractivity contribution in [3.63, 3.8) is 0 Å². The van der Waals surface area contributed by atoms with Gasteiger partial charge in [-0.15, -0.1) is 5.10 Å². The third-order valence-corrected chi connectivity index (χ3v) is 6.11. The second-order valence-corrected chi connectivity index (χ2v) is 9.25. The number of nitrogens with one attached hydrogen (secondary N) is 1. The lowest BCUT2D eigenvalue weighted by Crippen LogP contribution is -2.36. The highest BCUT2D eigenvalue weighted by atomic mass is 19.4. The first kappa shape index (κ1) is 31.0. The average Bonchev–Trinajstić information content (AvgIpc) is 3.36. The lowest BCUT2D eigenvalue weighted by molar-refractivity contribution is -0.139. The number of pyridine rings is 1. The van der Waals surface area contributed by atoms with E-state index in [2.05, 4.69) is 15.4 Å². The third-order valence-electron chi connectivity index (χ3n) is 6.11. The van der Waals surface area contributed by atoms with Gasteiger partial charge in [-0.1, -0.05) is 25.1 Å². The van der Waals surface area contributed by atoms with Gasteiger partial charge in [-0.3, -0.25) is 14.6 Å². The Morgan fingerprint density at radius 2 is 1.88 bits per heavy atom. The third kappa shape index (κ3) is 9.26. The minimum atomic E-state index is -4.32. The van der Waals surface area contributed by atoms with Crippen molar-refractivity contribution < 1.29 is 32.2 Å². The smallest absolute Gasteiger partial charge is 0.392 e. The number of nitrogens with zero attached hydrogens (tertiary/aromatic N) is 3. The van der Waals surface area contributed by atoms with Gasteiger partial charge in [0, 0.05) is 18.4 Å². The summed E-state index contributed by atoms with van der Waals surface area (Å²) in [4.78, 5) is 29.0. The van der Waals surface area contributed by atoms with Gasteiger partial charge in [0.2, 0.25) is 5.88 Å². The second kappa shape index (κ2) is 14.2. The monoisotopic (exact) mass is 574 g/mol. The van der Waals surface area contributed by atoms with Crippen LogP contribution < -0.4 is 26.3 Å². The maximum atomic E-state index is 13.0. The number of amides is 2. The summed E-state index contributed by atoms with van der Waals surface area (Å²) in [5.41, 5.74) is 12.5. The zero-order chi connectivity index (χ0) is 30.0. The Morgan fingerprint density at radius 1 is 1.15 bits per heavy atom. The van der Waals surface area contributed by atoms with Gasteiger partial charge in [0.25, 0.3) is 11.8 Å². The van der Waals surface area contributed by atoms with Crippen LogP contribution in [0.2, 0.25) is 0 Å². The molecule has 2 heterocycles. The number of hydrogen-bond donors (Lipinski definition) is 3. The van der Waals surface area contributed by atoms with Crippen LogP contribution in [0.5, 0.6) is 11.6 Å². The molecule has 5 N–H and O–H groups in total. The predicted molar refractivity (Wildman–Crippen MR) is 146 cm³/mol. The summed E-state index contributed by atoms with van der Waals surface area (Å²) < 4.78 is 49.4. The van der Waals surface area contributed by atoms with Crippen molar-refractivity contribution in [1.29, 1.82) is 0 Å². The van der Waals surface area contributed by atoms with E-state index in [1.54, 1.807) is 0 Å². The Balaban J connectivity index is 1.56. The molecule has 10 nitrogen and oxygen atoms in total. The number of rotatable bonds is 14. The number of halogens is 3. The molecule has 0 spiro atoms. The molecule has 3 aromatic rings. The van der Waals surface area contributed by atoms with Crippen LogP contribution in [-0.4, -0.2) is 51.5 Å². The fourth-order valence-corrected chi connectivity index (χ4v) is 3.84. The maximum Gasteiger partial charge on any atom is 0.392 e. The molecule has 41 heavy (non-hydrogen) atoms. The summed E-state index contributed by atoms with van der Waals surface area (Å²) in [5, 5.41) is 7.30. The molecular weight excluding hydrogens is 541 g/mol. The molecule has 0 aliphatic carbocycles. The summed E-state index contributed by atoms with van der Waals surface area (Å²) in [5.74, 6) is -0.855. The highest BCUT2D eigenvalue weighted by molar-refractivity contribution is 6.18. The number of primary amides is 1. The summed E-state index contributed by atoms with van der Waals surface area (Å²) in [6.07, 6.45) is -0.197. The fourth-order valence-electron chi connectivity index (χ4n) is 3.84. The quantitative estimate of drug-likeness (QED) is 0.245. The Labute approximate surface area is 235 Å². The van der Waals surface area contributed by atoms with Crippen molar-refractivity contribution in [1.82, 2.24) is 20.1 Å². The van der Waals surface area contributed by atoms with E-state index in [4.69, 9.17) is 20.9 Å². The van der Waals surface area contributed by atoms with Crippen molar-refractivity contribution in [3.8, 4) is 17.3 Å². The van der Waals surface area contributed by atoms with Crippen molar-refractivity contribution in [3.05, 3.63) is 72.3 Å². The summed E-state index contributed by atoms with van der Waals surface area (Å²) in [6, 6.07) is 11.9. The molecule has 220 valence electrons. The number of benzene rings is 1. The van der Waals surface area contributed by atoms with Gasteiger partial charge in [-0.2, -0.15) is 13.2 Å². The largest absolute Gasteiger partial charge is 0.492 e. The van der Waals surface area contributed by atoms with Gasteiger partial charge in [0.05, 0.1) is 42.3 Å². The molecule has 0 radical (unpaired) electrons. The number of ether oxygens (including phenoxy) is 2. The zero-order valence-corrected chi connectivity index (χ0v) is 22.7. The molecule has 0 unspecified atom stereocenters. The van der Waals surface area contributed by atoms with E-state index in [-0.39, 0.29) is 40.6 Å². The number of carbonyl (C=O) groups excluding carboxylic acids is 2. The molecule has 0 saturated carbocycles. The predicted octanol–water partition coefficient (Wildman–Crippen LogP) is 4.14. The second-order valence-electron chi connectivity index (χ2n) is 9.25. The van der Waals surface area contributed by atoms with Crippen LogP contribution in [0.25, 0.3) is 11.3 Å². The highest BCUT2D eigenvalue weighted by Gasteiger charge is 2.27. The fraction of sp³-hybridized carbons (Fsp3) is 0.357. The highest BCUT2D eigenvalue weighted by Crippen LogP contribution is 2.23. The zero-order valence-electron chi connectivity index (χ0n) is 22.7. The van der Waals surface area contributed by atoms with E-state index < -0.39 is 31.0 Å². The minimum Gasteiger partial charge on any atom is -0.492 e. The molecule has 0 bridgehead atoms. The van der Waals surface area contributed by atoms with Crippen LogP contribution in [0.3, 0.4) is 0 Å². The van der Waals surface area contributed by atoms with Crippen LogP contribution in [0.15, 0.2) is 61.1 Å². The molecule has 3 rings (SSSR count). The molecule has 0 aliphatic heterocycles. The van der Waals surface area contributed by atoms with E-state index in [9.17, 15) is 22.8 Å². The lowest BCUT2D eigenvalue weighted by Gasteiger charge is -2.20. The molecule has 2 aromatic heterocycles. The minimum absolute atomic E-state index is 0.104. The van der Waals surface area contributed by atoms with Crippen molar-refractivity contribution in [2.75, 3.05) is 6.61 Å². The van der Waals surface area contributed by atoms with E-state index in [0.29, 0.717) is 19.3 Å². The van der Waals surface area contributed by atoms with Gasteiger partial charge in [-0.25, -0.2) is 4.68 Å². The maximum absolute atomic E-state index is 13.0. The van der Waals surface area contributed by atoms with E-state index in [1.807, 2.05) is 44.2 Å². The average molecular weight is 575 g/mol. The van der Waals surface area contributed by atoms with Crippen LogP contribution in [0, 0.1) is 0 Å². The Kier molecular flexibility index (Phi) is 10.7. The van der Waals surface area contributed by atoms with Gasteiger partial charge in [0.15, 0.2) is 0 Å². The van der Waals surface area contributed by atoms with Crippen molar-refractivity contribution >= 4 is 17.4 Å². The summed E-state index contributed by atoms with van der Waals surface area (Å²) in [7, 11) is 0. The van der Waals surface area contributed by atoms with Crippen molar-refractivity contribution in [2.24, 2.45) is 11.5 Å². The van der Waals surface area contributed by atoms with E-state index in [0.717, 1.165) is 11.9 Å². The molecule has 0 aliphatic rings. The SMILES string of the molecule is CC[C@@H](CC[C@H](C)Oc1nn(-c2ccccc2)cc1C(N)=O)NC(=O)C(=CN)c1ccc(OCCC(F)(F)F)cn1. The Hall–Kier alpha value is -4.55. The number of para-hydroxylation sites is 1.